The van der Waals surface area contributed by atoms with Gasteiger partial charge in [0.15, 0.2) is 0 Å². The first kappa shape index (κ1) is 18.5. The molecule has 0 spiro atoms. The normalized spacial score (nSPS) is 12.3. The number of carbonyl (C=O) groups excluding carboxylic acids is 1. The Morgan fingerprint density at radius 2 is 1.79 bits per heavy atom. The summed E-state index contributed by atoms with van der Waals surface area (Å²) >= 11 is 3.17. The van der Waals surface area contributed by atoms with Gasteiger partial charge in [-0.1, -0.05) is 0 Å². The number of rotatable bonds is 1. The van der Waals surface area contributed by atoms with E-state index in [4.69, 9.17) is 4.74 Å². The van der Waals surface area contributed by atoms with E-state index in [2.05, 4.69) is 15.9 Å². The van der Waals surface area contributed by atoms with Gasteiger partial charge in [-0.25, -0.2) is 9.18 Å². The van der Waals surface area contributed by atoms with Crippen molar-refractivity contribution in [1.82, 2.24) is 4.57 Å². The van der Waals surface area contributed by atoms with Crippen LogP contribution in [0.2, 0.25) is 0 Å². The molecule has 0 aliphatic carbocycles. The maximum atomic E-state index is 14.2. The van der Waals surface area contributed by atoms with E-state index < -0.39 is 29.3 Å². The zero-order valence-electron chi connectivity index (χ0n) is 13.0. The van der Waals surface area contributed by atoms with Gasteiger partial charge in [0, 0.05) is 16.2 Å². The second-order valence-corrected chi connectivity index (χ2v) is 7.00. The van der Waals surface area contributed by atoms with Gasteiger partial charge in [0.2, 0.25) is 0 Å². The topological polar surface area (TPSA) is 31.2 Å². The minimum atomic E-state index is -4.65. The van der Waals surface area contributed by atoms with Crippen molar-refractivity contribution >= 4 is 22.0 Å². The first-order chi connectivity index (χ1) is 10.9. The lowest BCUT2D eigenvalue weighted by molar-refractivity contribution is -0.137. The number of alkyl halides is 3. The fraction of sp³-hybridized carbons (Fsp3) is 0.312. The number of hydrogen-bond acceptors (Lipinski definition) is 2. The maximum absolute atomic E-state index is 14.2. The third-order valence-electron chi connectivity index (χ3n) is 2.95. The maximum Gasteiger partial charge on any atom is 0.419 e. The molecule has 130 valence electrons. The van der Waals surface area contributed by atoms with Gasteiger partial charge in [0.1, 0.15) is 11.4 Å². The molecule has 0 fully saturated rings. The molecule has 24 heavy (non-hydrogen) atoms. The van der Waals surface area contributed by atoms with Crippen LogP contribution in [-0.4, -0.2) is 16.3 Å². The van der Waals surface area contributed by atoms with Gasteiger partial charge in [-0.2, -0.15) is 13.2 Å². The Labute approximate surface area is 144 Å². The van der Waals surface area contributed by atoms with E-state index >= 15 is 0 Å². The molecule has 0 atom stereocenters. The van der Waals surface area contributed by atoms with Gasteiger partial charge in [-0.3, -0.25) is 4.57 Å². The van der Waals surface area contributed by atoms with Crippen LogP contribution in [0.1, 0.15) is 26.3 Å². The summed E-state index contributed by atoms with van der Waals surface area (Å²) in [6.07, 6.45) is -4.05. The monoisotopic (exact) mass is 407 g/mol. The molecular weight excluding hydrogens is 394 g/mol. The number of nitrogens with zero attached hydrogens (tertiary/aromatic N) is 1. The molecule has 0 aliphatic rings. The third-order valence-corrected chi connectivity index (χ3v) is 3.38. The van der Waals surface area contributed by atoms with Crippen LogP contribution in [0.3, 0.4) is 0 Å². The van der Waals surface area contributed by atoms with Crippen molar-refractivity contribution in [3.05, 3.63) is 46.3 Å². The summed E-state index contributed by atoms with van der Waals surface area (Å²) in [6.45, 7) is 5.01. The van der Waals surface area contributed by atoms with E-state index in [0.29, 0.717) is 10.5 Å². The Bertz CT molecular complexity index is 775. The van der Waals surface area contributed by atoms with Crippen molar-refractivity contribution in [2.24, 2.45) is 0 Å². The van der Waals surface area contributed by atoms with E-state index in [0.717, 1.165) is 16.7 Å². The first-order valence-electron chi connectivity index (χ1n) is 6.87. The minimum absolute atomic E-state index is 0.0855. The van der Waals surface area contributed by atoms with E-state index in [1.54, 1.807) is 20.8 Å². The van der Waals surface area contributed by atoms with Crippen molar-refractivity contribution in [3.8, 4) is 11.3 Å². The highest BCUT2D eigenvalue weighted by Gasteiger charge is 2.31. The lowest BCUT2D eigenvalue weighted by Crippen LogP contribution is -2.27. The van der Waals surface area contributed by atoms with Gasteiger partial charge in [0.05, 0.1) is 11.3 Å². The van der Waals surface area contributed by atoms with Gasteiger partial charge >= 0.3 is 12.3 Å². The molecular formula is C16H14BrF4NO2. The number of aromatic nitrogens is 1. The molecule has 0 saturated heterocycles. The third kappa shape index (κ3) is 4.17. The van der Waals surface area contributed by atoms with Crippen LogP contribution < -0.4 is 0 Å². The molecule has 2 aromatic rings. The van der Waals surface area contributed by atoms with Crippen molar-refractivity contribution < 1.29 is 27.1 Å². The number of ether oxygens (including phenoxy) is 1. The lowest BCUT2D eigenvalue weighted by atomic mass is 10.1. The molecule has 1 heterocycles. The second-order valence-electron chi connectivity index (χ2n) is 6.09. The molecule has 1 aromatic heterocycles. The molecule has 8 heteroatoms. The average molecular weight is 408 g/mol. The van der Waals surface area contributed by atoms with Crippen molar-refractivity contribution in [2.75, 3.05) is 0 Å². The molecule has 1 aromatic carbocycles. The van der Waals surface area contributed by atoms with Crippen LogP contribution in [-0.2, 0) is 10.9 Å². The van der Waals surface area contributed by atoms with Crippen LogP contribution in [0.4, 0.5) is 22.4 Å². The van der Waals surface area contributed by atoms with E-state index in [-0.39, 0.29) is 11.3 Å². The van der Waals surface area contributed by atoms with E-state index in [1.165, 1.54) is 12.3 Å². The first-order valence-corrected chi connectivity index (χ1v) is 7.66. The lowest BCUT2D eigenvalue weighted by Gasteiger charge is -2.20. The zero-order valence-corrected chi connectivity index (χ0v) is 14.6. The highest BCUT2D eigenvalue weighted by atomic mass is 79.9. The molecule has 0 saturated carbocycles. The van der Waals surface area contributed by atoms with Crippen LogP contribution >= 0.6 is 15.9 Å². The molecule has 3 nitrogen and oxygen atoms in total. The highest BCUT2D eigenvalue weighted by Crippen LogP contribution is 2.34. The predicted octanol–water partition coefficient (Wildman–Crippen LogP) is 5.86. The van der Waals surface area contributed by atoms with Gasteiger partial charge < -0.3 is 4.74 Å². The SMILES string of the molecule is CC(C)(C)OC(=O)n1cc(Br)cc1-c1ccc(C(F)(F)F)cc1F. The molecule has 0 bridgehead atoms. The molecule has 0 amide bonds. The molecule has 0 N–H and O–H groups in total. The Hall–Kier alpha value is -1.83. The fourth-order valence-corrected chi connectivity index (χ4v) is 2.42. The number of benzene rings is 1. The van der Waals surface area contributed by atoms with E-state index in [9.17, 15) is 22.4 Å². The summed E-state index contributed by atoms with van der Waals surface area (Å²) in [5.41, 5.74) is -1.93. The number of halogens is 5. The van der Waals surface area contributed by atoms with Crippen molar-refractivity contribution in [3.63, 3.8) is 0 Å². The zero-order chi connectivity index (χ0) is 18.3. The Balaban J connectivity index is 2.49. The summed E-state index contributed by atoms with van der Waals surface area (Å²) < 4.78 is 58.8. The second kappa shape index (κ2) is 6.23. The van der Waals surface area contributed by atoms with Gasteiger partial charge in [-0.15, -0.1) is 0 Å². The smallest absolute Gasteiger partial charge is 0.419 e. The molecule has 0 aliphatic heterocycles. The quantitative estimate of drug-likeness (QED) is 0.554. The Morgan fingerprint density at radius 1 is 1.17 bits per heavy atom. The number of carbonyl (C=O) groups is 1. The molecule has 2 rings (SSSR count). The summed E-state index contributed by atoms with van der Waals surface area (Å²) in [6, 6.07) is 3.57. The highest BCUT2D eigenvalue weighted by molar-refractivity contribution is 9.10. The fourth-order valence-electron chi connectivity index (χ4n) is 2.00. The van der Waals surface area contributed by atoms with Gasteiger partial charge in [-0.05, 0) is 61.0 Å². The predicted molar refractivity (Wildman–Crippen MR) is 84.2 cm³/mol. The standard InChI is InChI=1S/C16H14BrF4NO2/c1-15(2,3)24-14(23)22-8-10(17)7-13(22)11-5-4-9(6-12(11)18)16(19,20)21/h4-8H,1-3H3. The molecule has 0 unspecified atom stereocenters. The van der Waals surface area contributed by atoms with Crippen LogP contribution in [0, 0.1) is 5.82 Å². The van der Waals surface area contributed by atoms with E-state index in [1.807, 2.05) is 0 Å². The summed E-state index contributed by atoms with van der Waals surface area (Å²) in [5, 5.41) is 0. The Morgan fingerprint density at radius 3 is 2.29 bits per heavy atom. The largest absolute Gasteiger partial charge is 0.443 e. The van der Waals surface area contributed by atoms with Crippen LogP contribution in [0.25, 0.3) is 11.3 Å². The van der Waals surface area contributed by atoms with Crippen molar-refractivity contribution in [2.45, 2.75) is 32.5 Å². The average Bonchev–Trinajstić information content (AvgIpc) is 2.77. The Kier molecular flexibility index (Phi) is 4.81. The molecule has 0 radical (unpaired) electrons. The number of hydrogen-bond donors (Lipinski definition) is 0. The minimum Gasteiger partial charge on any atom is -0.443 e. The summed E-state index contributed by atoms with van der Waals surface area (Å²) in [5.74, 6) is -1.08. The van der Waals surface area contributed by atoms with Crippen molar-refractivity contribution in [1.29, 1.82) is 0 Å². The van der Waals surface area contributed by atoms with Crippen LogP contribution in [0.5, 0.6) is 0 Å². The van der Waals surface area contributed by atoms with Crippen LogP contribution in [0.15, 0.2) is 34.9 Å². The van der Waals surface area contributed by atoms with Gasteiger partial charge in [0.25, 0.3) is 0 Å². The summed E-state index contributed by atoms with van der Waals surface area (Å²) in [7, 11) is 0. The summed E-state index contributed by atoms with van der Waals surface area (Å²) in [4.78, 5) is 12.2.